The highest BCUT2D eigenvalue weighted by molar-refractivity contribution is 8.01. The van der Waals surface area contributed by atoms with Crippen LogP contribution >= 0.6 is 23.5 Å². The van der Waals surface area contributed by atoms with Gasteiger partial charge in [-0.3, -0.25) is 9.21 Å². The topological polar surface area (TPSA) is 29.5 Å². The van der Waals surface area contributed by atoms with Gasteiger partial charge in [0.2, 0.25) is 0 Å². The van der Waals surface area contributed by atoms with Crippen LogP contribution in [0.2, 0.25) is 0 Å². The standard InChI is InChI=1S/C14H18ClNO2S/c1-2-18-13(17)10-9-19-14-7-4-3-5-12(14)16(15)8-6-11(10)14/h3-5,10-11H,2,6-9H2,1H3. The molecule has 0 bridgehead atoms. The lowest BCUT2D eigenvalue weighted by molar-refractivity contribution is -0.149. The predicted molar refractivity (Wildman–Crippen MR) is 77.8 cm³/mol. The second kappa shape index (κ2) is 5.06. The second-order valence-corrected chi connectivity index (χ2v) is 6.98. The molecular formula is C14H18ClNO2S. The molecule has 104 valence electrons. The van der Waals surface area contributed by atoms with E-state index in [2.05, 4.69) is 18.2 Å². The molecule has 0 aromatic carbocycles. The van der Waals surface area contributed by atoms with Gasteiger partial charge in [0.15, 0.2) is 0 Å². The van der Waals surface area contributed by atoms with Crippen molar-refractivity contribution in [2.24, 2.45) is 11.8 Å². The SMILES string of the molecule is CCOC(=O)C1CSC23CC=CC=C2N(Cl)CCC13. The molecule has 0 radical (unpaired) electrons. The molecule has 3 atom stereocenters. The third kappa shape index (κ3) is 2.00. The summed E-state index contributed by atoms with van der Waals surface area (Å²) >= 11 is 8.22. The van der Waals surface area contributed by atoms with Crippen LogP contribution in [0.5, 0.6) is 0 Å². The van der Waals surface area contributed by atoms with Gasteiger partial charge in [-0.1, -0.05) is 12.2 Å². The molecule has 5 heteroatoms. The fraction of sp³-hybridized carbons (Fsp3) is 0.643. The van der Waals surface area contributed by atoms with E-state index in [-0.39, 0.29) is 16.6 Å². The van der Waals surface area contributed by atoms with Gasteiger partial charge in [0.05, 0.1) is 17.3 Å². The quantitative estimate of drug-likeness (QED) is 0.579. The van der Waals surface area contributed by atoms with Crippen molar-refractivity contribution in [2.75, 3.05) is 18.9 Å². The highest BCUT2D eigenvalue weighted by atomic mass is 35.5. The minimum atomic E-state index is -0.0335. The normalized spacial score (nSPS) is 36.5. The molecule has 3 unspecified atom stereocenters. The molecule has 0 N–H and O–H groups in total. The minimum Gasteiger partial charge on any atom is -0.466 e. The first kappa shape index (κ1) is 13.4. The Hall–Kier alpha value is -0.610. The van der Waals surface area contributed by atoms with Crippen LogP contribution < -0.4 is 0 Å². The van der Waals surface area contributed by atoms with Gasteiger partial charge >= 0.3 is 5.97 Å². The van der Waals surface area contributed by atoms with E-state index < -0.39 is 0 Å². The molecule has 2 fully saturated rings. The number of hydrogen-bond donors (Lipinski definition) is 0. The number of ether oxygens (including phenoxy) is 1. The number of piperidine rings is 1. The van der Waals surface area contributed by atoms with Crippen LogP contribution in [0.1, 0.15) is 19.8 Å². The number of carbonyl (C=O) groups is 1. The lowest BCUT2D eigenvalue weighted by atomic mass is 9.73. The Balaban J connectivity index is 1.90. The largest absolute Gasteiger partial charge is 0.466 e. The van der Waals surface area contributed by atoms with Crippen molar-refractivity contribution < 1.29 is 9.53 Å². The van der Waals surface area contributed by atoms with Crippen LogP contribution in [0.15, 0.2) is 23.9 Å². The highest BCUT2D eigenvalue weighted by Crippen LogP contribution is 2.58. The first-order valence-electron chi connectivity index (χ1n) is 6.80. The average molecular weight is 300 g/mol. The van der Waals surface area contributed by atoms with Crippen molar-refractivity contribution in [2.45, 2.75) is 24.5 Å². The maximum Gasteiger partial charge on any atom is 0.310 e. The van der Waals surface area contributed by atoms with Crippen LogP contribution in [-0.2, 0) is 9.53 Å². The molecule has 2 saturated heterocycles. The molecule has 0 aromatic heterocycles. The Morgan fingerprint density at radius 2 is 2.53 bits per heavy atom. The third-order valence-electron chi connectivity index (χ3n) is 4.34. The number of carbonyl (C=O) groups excluding carboxylic acids is 1. The van der Waals surface area contributed by atoms with Crippen molar-refractivity contribution in [3.05, 3.63) is 23.9 Å². The smallest absolute Gasteiger partial charge is 0.310 e. The first-order valence-corrected chi connectivity index (χ1v) is 8.12. The summed E-state index contributed by atoms with van der Waals surface area (Å²) in [6.45, 7) is 3.14. The first-order chi connectivity index (χ1) is 9.19. The summed E-state index contributed by atoms with van der Waals surface area (Å²) in [4.78, 5) is 12.1. The van der Waals surface area contributed by atoms with E-state index in [9.17, 15) is 4.79 Å². The number of rotatable bonds is 2. The van der Waals surface area contributed by atoms with Crippen LogP contribution in [0.3, 0.4) is 0 Å². The highest BCUT2D eigenvalue weighted by Gasteiger charge is 2.57. The number of hydrogen-bond acceptors (Lipinski definition) is 4. The number of esters is 1. The molecule has 0 saturated carbocycles. The van der Waals surface area contributed by atoms with Gasteiger partial charge in [-0.05, 0) is 31.8 Å². The molecule has 1 aliphatic carbocycles. The Kier molecular flexibility index (Phi) is 3.56. The summed E-state index contributed by atoms with van der Waals surface area (Å²) in [7, 11) is 0. The molecular weight excluding hydrogens is 282 g/mol. The monoisotopic (exact) mass is 299 g/mol. The van der Waals surface area contributed by atoms with Crippen molar-refractivity contribution in [1.29, 1.82) is 0 Å². The zero-order valence-corrected chi connectivity index (χ0v) is 12.5. The van der Waals surface area contributed by atoms with Gasteiger partial charge in [0.1, 0.15) is 0 Å². The minimum absolute atomic E-state index is 0.00776. The van der Waals surface area contributed by atoms with Crippen LogP contribution in [0, 0.1) is 11.8 Å². The Morgan fingerprint density at radius 1 is 1.68 bits per heavy atom. The second-order valence-electron chi connectivity index (χ2n) is 5.22. The van der Waals surface area contributed by atoms with E-state index in [1.165, 1.54) is 5.70 Å². The molecule has 3 nitrogen and oxygen atoms in total. The summed E-state index contributed by atoms with van der Waals surface area (Å²) in [5.41, 5.74) is 1.17. The van der Waals surface area contributed by atoms with Crippen molar-refractivity contribution in [3.8, 4) is 0 Å². The van der Waals surface area contributed by atoms with E-state index in [1.807, 2.05) is 23.1 Å². The number of allylic oxidation sites excluding steroid dienone is 3. The van der Waals surface area contributed by atoms with Crippen molar-refractivity contribution in [3.63, 3.8) is 0 Å². The molecule has 2 aliphatic heterocycles. The molecule has 0 aromatic rings. The van der Waals surface area contributed by atoms with Gasteiger partial charge in [0.25, 0.3) is 0 Å². The van der Waals surface area contributed by atoms with Crippen LogP contribution in [-0.4, -0.2) is 34.0 Å². The number of nitrogens with zero attached hydrogens (tertiary/aromatic N) is 1. The van der Waals surface area contributed by atoms with E-state index >= 15 is 0 Å². The summed E-state index contributed by atoms with van der Waals surface area (Å²) < 4.78 is 7.07. The van der Waals surface area contributed by atoms with E-state index in [1.54, 1.807) is 0 Å². The van der Waals surface area contributed by atoms with Gasteiger partial charge in [-0.25, -0.2) is 0 Å². The maximum absolute atomic E-state index is 12.1. The summed E-state index contributed by atoms with van der Waals surface area (Å²) in [6.07, 6.45) is 8.28. The predicted octanol–water partition coefficient (Wildman–Crippen LogP) is 2.97. The fourth-order valence-corrected chi connectivity index (χ4v) is 5.72. The Bertz CT molecular complexity index is 451. The molecule has 1 spiro atoms. The lowest BCUT2D eigenvalue weighted by Gasteiger charge is -2.46. The van der Waals surface area contributed by atoms with E-state index in [4.69, 9.17) is 16.5 Å². The van der Waals surface area contributed by atoms with Gasteiger partial charge < -0.3 is 4.74 Å². The summed E-state index contributed by atoms with van der Waals surface area (Å²) in [6, 6.07) is 0. The summed E-state index contributed by atoms with van der Waals surface area (Å²) in [5.74, 6) is 1.18. The van der Waals surface area contributed by atoms with E-state index in [0.717, 1.165) is 25.1 Å². The van der Waals surface area contributed by atoms with E-state index in [0.29, 0.717) is 12.5 Å². The molecule has 2 heterocycles. The lowest BCUT2D eigenvalue weighted by Crippen LogP contribution is -2.47. The fourth-order valence-electron chi connectivity index (χ4n) is 3.48. The molecule has 3 aliphatic rings. The zero-order chi connectivity index (χ0) is 13.5. The maximum atomic E-state index is 12.1. The molecule has 3 rings (SSSR count). The third-order valence-corrected chi connectivity index (χ3v) is 6.41. The van der Waals surface area contributed by atoms with Gasteiger partial charge in [-0.15, -0.1) is 11.8 Å². The van der Waals surface area contributed by atoms with Gasteiger partial charge in [-0.2, -0.15) is 0 Å². The molecule has 0 amide bonds. The number of thioether (sulfide) groups is 1. The van der Waals surface area contributed by atoms with Crippen LogP contribution in [0.4, 0.5) is 0 Å². The summed E-state index contributed by atoms with van der Waals surface area (Å²) in [5, 5.41) is 0. The van der Waals surface area contributed by atoms with Crippen molar-refractivity contribution >= 4 is 29.5 Å². The van der Waals surface area contributed by atoms with Crippen molar-refractivity contribution in [1.82, 2.24) is 4.42 Å². The molecule has 19 heavy (non-hydrogen) atoms. The Morgan fingerprint density at radius 3 is 3.32 bits per heavy atom. The zero-order valence-electron chi connectivity index (χ0n) is 11.0. The Labute approximate surface area is 123 Å². The van der Waals surface area contributed by atoms with Crippen LogP contribution in [0.25, 0.3) is 0 Å². The number of halogens is 1. The van der Waals surface area contributed by atoms with Gasteiger partial charge in [0, 0.05) is 29.8 Å². The average Bonchev–Trinajstić information content (AvgIpc) is 2.77.